The molecule has 0 saturated carbocycles. The maximum Gasteiger partial charge on any atom is 0.255 e. The number of amides is 2. The predicted octanol–water partition coefficient (Wildman–Crippen LogP) is 1.67. The number of carbonyl (C=O) groups excluding carboxylic acids is 2. The zero-order valence-corrected chi connectivity index (χ0v) is 17.9. The fraction of sp³-hybridized carbons (Fsp3) is 0.391. The van der Waals surface area contributed by atoms with Crippen LogP contribution in [0.4, 0.5) is 0 Å². The molecule has 2 aromatic carbocycles. The van der Waals surface area contributed by atoms with Gasteiger partial charge in [0.15, 0.2) is 18.1 Å². The highest BCUT2D eigenvalue weighted by atomic mass is 16.5. The van der Waals surface area contributed by atoms with Gasteiger partial charge in [0.25, 0.3) is 11.8 Å². The van der Waals surface area contributed by atoms with Crippen LogP contribution in [0.1, 0.15) is 27.5 Å². The van der Waals surface area contributed by atoms with Crippen LogP contribution in [-0.2, 0) is 9.53 Å². The number of benzene rings is 2. The lowest BCUT2D eigenvalue weighted by molar-refractivity contribution is -0.119. The Morgan fingerprint density at radius 2 is 1.84 bits per heavy atom. The monoisotopic (exact) mass is 427 g/mol. The predicted molar refractivity (Wildman–Crippen MR) is 116 cm³/mol. The van der Waals surface area contributed by atoms with Crippen LogP contribution < -0.4 is 20.5 Å². The zero-order valence-electron chi connectivity index (χ0n) is 17.9. The molecular weight excluding hydrogens is 398 g/mol. The van der Waals surface area contributed by atoms with E-state index in [1.165, 1.54) is 7.11 Å². The average molecular weight is 428 g/mol. The quantitative estimate of drug-likeness (QED) is 0.631. The summed E-state index contributed by atoms with van der Waals surface area (Å²) in [5, 5.41) is 3.15. The molecule has 1 atom stereocenters. The second kappa shape index (κ2) is 10.8. The number of nitrogens with two attached hydrogens (primary N) is 1. The number of primary amides is 1. The molecule has 1 saturated heterocycles. The number of hydrogen-bond donors (Lipinski definition) is 2. The lowest BCUT2D eigenvalue weighted by Gasteiger charge is -2.31. The number of methoxy groups -OCH3 is 1. The molecule has 0 aromatic heterocycles. The van der Waals surface area contributed by atoms with Gasteiger partial charge in [-0.25, -0.2) is 0 Å². The Kier molecular flexibility index (Phi) is 7.86. The summed E-state index contributed by atoms with van der Waals surface area (Å²) in [6, 6.07) is 12.8. The van der Waals surface area contributed by atoms with Gasteiger partial charge in [0.1, 0.15) is 0 Å². The third kappa shape index (κ3) is 6.44. The second-order valence-corrected chi connectivity index (χ2v) is 7.47. The van der Waals surface area contributed by atoms with Crippen LogP contribution in [0, 0.1) is 6.92 Å². The summed E-state index contributed by atoms with van der Waals surface area (Å²) in [5.74, 6) is -0.110. The van der Waals surface area contributed by atoms with Crippen LogP contribution in [0.3, 0.4) is 0 Å². The number of carbonyl (C=O) groups is 2. The number of rotatable bonds is 9. The first-order chi connectivity index (χ1) is 15.0. The van der Waals surface area contributed by atoms with E-state index in [2.05, 4.69) is 10.2 Å². The normalized spacial score (nSPS) is 15.2. The number of nitrogens with one attached hydrogen (secondary N) is 1. The molecule has 8 nitrogen and oxygen atoms in total. The molecular formula is C23H29N3O5. The third-order valence-electron chi connectivity index (χ3n) is 5.13. The Bertz CT molecular complexity index is 895. The van der Waals surface area contributed by atoms with Crippen molar-refractivity contribution in [2.45, 2.75) is 13.0 Å². The Hall–Kier alpha value is -3.10. The van der Waals surface area contributed by atoms with Crippen molar-refractivity contribution in [3.05, 3.63) is 59.2 Å². The van der Waals surface area contributed by atoms with Crippen LogP contribution in [0.5, 0.6) is 11.5 Å². The molecule has 3 N–H and O–H groups in total. The molecule has 0 unspecified atom stereocenters. The molecule has 1 fully saturated rings. The maximum absolute atomic E-state index is 13.1. The molecule has 0 bridgehead atoms. The molecule has 0 aliphatic carbocycles. The summed E-state index contributed by atoms with van der Waals surface area (Å²) in [5.41, 5.74) is 7.76. The highest BCUT2D eigenvalue weighted by Crippen LogP contribution is 2.28. The van der Waals surface area contributed by atoms with Crippen molar-refractivity contribution < 1.29 is 23.8 Å². The molecule has 1 aliphatic rings. The van der Waals surface area contributed by atoms with E-state index in [1.54, 1.807) is 18.2 Å². The molecule has 166 valence electrons. The van der Waals surface area contributed by atoms with Gasteiger partial charge in [-0.1, -0.05) is 29.8 Å². The lowest BCUT2D eigenvalue weighted by Crippen LogP contribution is -2.43. The number of morpholine rings is 1. The van der Waals surface area contributed by atoms with Gasteiger partial charge in [-0.05, 0) is 30.7 Å². The maximum atomic E-state index is 13.1. The summed E-state index contributed by atoms with van der Waals surface area (Å²) < 4.78 is 16.1. The first-order valence-electron chi connectivity index (χ1n) is 10.2. The molecule has 0 spiro atoms. The van der Waals surface area contributed by atoms with Gasteiger partial charge in [-0.2, -0.15) is 0 Å². The van der Waals surface area contributed by atoms with Crippen molar-refractivity contribution in [2.24, 2.45) is 5.73 Å². The van der Waals surface area contributed by atoms with Gasteiger partial charge in [0.05, 0.1) is 26.4 Å². The topological polar surface area (TPSA) is 103 Å². The SMILES string of the molecule is COc1cc(C(=O)N[C@H](CN2CCOCC2)c2ccc(C)cc2)ccc1OCC(N)=O. The van der Waals surface area contributed by atoms with Crippen LogP contribution in [0.15, 0.2) is 42.5 Å². The summed E-state index contributed by atoms with van der Waals surface area (Å²) in [6.45, 7) is 5.51. The van der Waals surface area contributed by atoms with Crippen molar-refractivity contribution in [1.82, 2.24) is 10.2 Å². The smallest absolute Gasteiger partial charge is 0.255 e. The molecule has 2 amide bonds. The number of ether oxygens (including phenoxy) is 3. The van der Waals surface area contributed by atoms with Crippen molar-refractivity contribution in [3.8, 4) is 11.5 Å². The molecule has 1 heterocycles. The summed E-state index contributed by atoms with van der Waals surface area (Å²) in [6.07, 6.45) is 0. The molecule has 31 heavy (non-hydrogen) atoms. The van der Waals surface area contributed by atoms with Crippen molar-refractivity contribution in [3.63, 3.8) is 0 Å². The molecule has 3 rings (SSSR count). The van der Waals surface area contributed by atoms with Gasteiger partial charge >= 0.3 is 0 Å². The van der Waals surface area contributed by atoms with Gasteiger partial charge in [0, 0.05) is 25.2 Å². The molecule has 1 aliphatic heterocycles. The van der Waals surface area contributed by atoms with E-state index in [9.17, 15) is 9.59 Å². The van der Waals surface area contributed by atoms with Gasteiger partial charge in [-0.3, -0.25) is 14.5 Å². The fourth-order valence-electron chi connectivity index (χ4n) is 3.39. The highest BCUT2D eigenvalue weighted by molar-refractivity contribution is 5.95. The van der Waals surface area contributed by atoms with Crippen LogP contribution in [-0.4, -0.2) is 63.3 Å². The summed E-state index contributed by atoms with van der Waals surface area (Å²) in [7, 11) is 1.47. The van der Waals surface area contributed by atoms with Gasteiger partial charge in [0.2, 0.25) is 0 Å². The van der Waals surface area contributed by atoms with Crippen LogP contribution >= 0.6 is 0 Å². The first-order valence-corrected chi connectivity index (χ1v) is 10.2. The Morgan fingerprint density at radius 3 is 2.48 bits per heavy atom. The van der Waals surface area contributed by atoms with E-state index in [0.29, 0.717) is 36.8 Å². The molecule has 2 aromatic rings. The van der Waals surface area contributed by atoms with Crippen molar-refractivity contribution >= 4 is 11.8 Å². The van der Waals surface area contributed by atoms with Gasteiger partial charge < -0.3 is 25.3 Å². The molecule has 8 heteroatoms. The Morgan fingerprint density at radius 1 is 1.13 bits per heavy atom. The van der Waals surface area contributed by atoms with Gasteiger partial charge in [-0.15, -0.1) is 0 Å². The van der Waals surface area contributed by atoms with E-state index in [4.69, 9.17) is 19.9 Å². The minimum Gasteiger partial charge on any atom is -0.493 e. The van der Waals surface area contributed by atoms with E-state index in [1.807, 2.05) is 31.2 Å². The van der Waals surface area contributed by atoms with Crippen molar-refractivity contribution in [1.29, 1.82) is 0 Å². The van der Waals surface area contributed by atoms with E-state index in [0.717, 1.165) is 24.2 Å². The Balaban J connectivity index is 1.77. The summed E-state index contributed by atoms with van der Waals surface area (Å²) in [4.78, 5) is 26.3. The minimum absolute atomic E-state index is 0.178. The van der Waals surface area contributed by atoms with E-state index in [-0.39, 0.29) is 18.6 Å². The van der Waals surface area contributed by atoms with Crippen molar-refractivity contribution in [2.75, 3.05) is 46.6 Å². The third-order valence-corrected chi connectivity index (χ3v) is 5.13. The summed E-state index contributed by atoms with van der Waals surface area (Å²) >= 11 is 0. The lowest BCUT2D eigenvalue weighted by atomic mass is 10.0. The van der Waals surface area contributed by atoms with Crippen LogP contribution in [0.25, 0.3) is 0 Å². The standard InChI is InChI=1S/C23H29N3O5/c1-16-3-5-17(6-4-16)19(14-26-9-11-30-12-10-26)25-23(28)18-7-8-20(21(13-18)29-2)31-15-22(24)27/h3-8,13,19H,9-12,14-15H2,1-2H3,(H2,24,27)(H,25,28)/t19-/m1/s1. The number of nitrogens with zero attached hydrogens (tertiary/aromatic N) is 1. The number of aryl methyl sites for hydroxylation is 1. The number of hydrogen-bond acceptors (Lipinski definition) is 6. The minimum atomic E-state index is -0.590. The largest absolute Gasteiger partial charge is 0.493 e. The average Bonchev–Trinajstić information content (AvgIpc) is 2.78. The second-order valence-electron chi connectivity index (χ2n) is 7.47. The zero-order chi connectivity index (χ0) is 22.2. The highest BCUT2D eigenvalue weighted by Gasteiger charge is 2.21. The first kappa shape index (κ1) is 22.6. The fourth-order valence-corrected chi connectivity index (χ4v) is 3.39. The van der Waals surface area contributed by atoms with Crippen LogP contribution in [0.2, 0.25) is 0 Å². The van der Waals surface area contributed by atoms with E-state index < -0.39 is 5.91 Å². The van der Waals surface area contributed by atoms with E-state index >= 15 is 0 Å². The Labute approximate surface area is 182 Å². The molecule has 0 radical (unpaired) electrons.